The fraction of sp³-hybridized carbons (Fsp3) is 0.222. The molecule has 0 radical (unpaired) electrons. The summed E-state index contributed by atoms with van der Waals surface area (Å²) in [6.45, 7) is 7.29. The minimum Gasteiger partial charge on any atom is -0.493 e. The van der Waals surface area contributed by atoms with Gasteiger partial charge in [0.15, 0.2) is 11.5 Å². The molecule has 126 valence electrons. The second kappa shape index (κ2) is 8.12. The molecule has 0 saturated heterocycles. The molecule has 2 aromatic rings. The Balaban J connectivity index is 2.09. The van der Waals surface area contributed by atoms with Gasteiger partial charge in [-0.25, -0.2) is 4.98 Å². The first kappa shape index (κ1) is 17.5. The van der Waals surface area contributed by atoms with Gasteiger partial charge in [-0.05, 0) is 30.7 Å². The molecule has 0 aliphatic carbocycles. The second-order valence-electron chi connectivity index (χ2n) is 5.40. The van der Waals surface area contributed by atoms with Crippen LogP contribution in [0.1, 0.15) is 22.8 Å². The van der Waals surface area contributed by atoms with E-state index in [1.165, 1.54) is 6.20 Å². The number of nitrogens with two attached hydrogens (primary N) is 1. The summed E-state index contributed by atoms with van der Waals surface area (Å²) in [5, 5.41) is 3.29. The molecule has 0 fully saturated rings. The first-order chi connectivity index (χ1) is 11.5. The van der Waals surface area contributed by atoms with E-state index < -0.39 is 5.91 Å². The maximum Gasteiger partial charge on any atom is 0.250 e. The molecule has 6 heteroatoms. The Labute approximate surface area is 141 Å². The molecule has 0 aliphatic heterocycles. The summed E-state index contributed by atoms with van der Waals surface area (Å²) in [4.78, 5) is 15.1. The van der Waals surface area contributed by atoms with E-state index in [9.17, 15) is 4.79 Å². The van der Waals surface area contributed by atoms with Crippen LogP contribution in [-0.2, 0) is 6.54 Å². The Bertz CT molecular complexity index is 727. The van der Waals surface area contributed by atoms with Crippen molar-refractivity contribution < 1.29 is 14.3 Å². The van der Waals surface area contributed by atoms with Crippen LogP contribution in [-0.4, -0.2) is 24.5 Å². The fourth-order valence-corrected chi connectivity index (χ4v) is 2.03. The van der Waals surface area contributed by atoms with E-state index in [-0.39, 0.29) is 0 Å². The molecule has 6 nitrogen and oxygen atoms in total. The Morgan fingerprint density at radius 2 is 2.08 bits per heavy atom. The molecule has 0 unspecified atom stereocenters. The lowest BCUT2D eigenvalue weighted by Crippen LogP contribution is -2.15. The highest BCUT2D eigenvalue weighted by molar-refractivity contribution is 5.92. The average Bonchev–Trinajstić information content (AvgIpc) is 2.56. The van der Waals surface area contributed by atoms with Gasteiger partial charge < -0.3 is 20.5 Å². The zero-order valence-corrected chi connectivity index (χ0v) is 13.8. The highest BCUT2D eigenvalue weighted by Gasteiger charge is 2.09. The monoisotopic (exact) mass is 327 g/mol. The lowest BCUT2D eigenvalue weighted by Gasteiger charge is -2.12. The minimum absolute atomic E-state index is 0.327. The van der Waals surface area contributed by atoms with Gasteiger partial charge in [-0.2, -0.15) is 0 Å². The lowest BCUT2D eigenvalue weighted by atomic mass is 10.2. The first-order valence-electron chi connectivity index (χ1n) is 7.45. The summed E-state index contributed by atoms with van der Waals surface area (Å²) in [6, 6.07) is 8.81. The third kappa shape index (κ3) is 4.82. The number of benzene rings is 1. The molecule has 1 heterocycles. The van der Waals surface area contributed by atoms with Gasteiger partial charge in [-0.3, -0.25) is 4.79 Å². The first-order valence-corrected chi connectivity index (χ1v) is 7.45. The van der Waals surface area contributed by atoms with Crippen molar-refractivity contribution in [3.8, 4) is 17.4 Å². The molecular weight excluding hydrogens is 306 g/mol. The second-order valence-corrected chi connectivity index (χ2v) is 5.40. The molecule has 0 saturated carbocycles. The quantitative estimate of drug-likeness (QED) is 0.728. The number of methoxy groups -OCH3 is 1. The van der Waals surface area contributed by atoms with Crippen LogP contribution in [0.15, 0.2) is 48.7 Å². The number of pyridine rings is 1. The molecule has 1 amide bonds. The van der Waals surface area contributed by atoms with E-state index >= 15 is 0 Å². The average molecular weight is 327 g/mol. The highest BCUT2D eigenvalue weighted by Crippen LogP contribution is 2.31. The van der Waals surface area contributed by atoms with Gasteiger partial charge >= 0.3 is 0 Å². The topological polar surface area (TPSA) is 86.5 Å². The molecule has 0 bridgehead atoms. The van der Waals surface area contributed by atoms with Gasteiger partial charge in [0.1, 0.15) is 0 Å². The van der Waals surface area contributed by atoms with Gasteiger partial charge in [0, 0.05) is 25.4 Å². The lowest BCUT2D eigenvalue weighted by molar-refractivity contribution is 0.1000. The molecule has 24 heavy (non-hydrogen) atoms. The molecule has 1 aromatic heterocycles. The normalized spacial score (nSPS) is 10.2. The van der Waals surface area contributed by atoms with Crippen LogP contribution in [0.2, 0.25) is 0 Å². The summed E-state index contributed by atoms with van der Waals surface area (Å²) in [5.41, 5.74) is 7.66. The Morgan fingerprint density at radius 3 is 2.67 bits per heavy atom. The largest absolute Gasteiger partial charge is 0.493 e. The van der Waals surface area contributed by atoms with Crippen molar-refractivity contribution >= 4 is 5.91 Å². The van der Waals surface area contributed by atoms with E-state index in [1.54, 1.807) is 19.2 Å². The number of amides is 1. The van der Waals surface area contributed by atoms with Crippen molar-refractivity contribution in [2.75, 3.05) is 13.7 Å². The van der Waals surface area contributed by atoms with Crippen molar-refractivity contribution in [3.05, 3.63) is 59.8 Å². The standard InChI is InChI=1S/C18H21N3O3/c1-12(2)9-20-10-13-4-6-15(16(8-13)23-3)24-17-7-5-14(11-21-17)18(19)22/h4-8,11,20H,1,9-10H2,2-3H3,(H2,19,22). The van der Waals surface area contributed by atoms with Crippen LogP contribution in [0.3, 0.4) is 0 Å². The molecule has 1 aromatic carbocycles. The van der Waals surface area contributed by atoms with Gasteiger partial charge in [0.25, 0.3) is 0 Å². The third-order valence-corrected chi connectivity index (χ3v) is 3.22. The number of hydrogen-bond acceptors (Lipinski definition) is 5. The zero-order chi connectivity index (χ0) is 17.5. The van der Waals surface area contributed by atoms with Crippen LogP contribution in [0.5, 0.6) is 17.4 Å². The number of nitrogens with zero attached hydrogens (tertiary/aromatic N) is 1. The number of carbonyl (C=O) groups is 1. The maximum absolute atomic E-state index is 11.0. The predicted octanol–water partition coefficient (Wildman–Crippen LogP) is 2.65. The molecule has 3 N–H and O–H groups in total. The SMILES string of the molecule is C=C(C)CNCc1ccc(Oc2ccc(C(N)=O)cn2)c(OC)c1. The molecule has 0 spiro atoms. The van der Waals surface area contributed by atoms with E-state index in [0.717, 1.165) is 17.7 Å². The summed E-state index contributed by atoms with van der Waals surface area (Å²) >= 11 is 0. The zero-order valence-electron chi connectivity index (χ0n) is 13.8. The van der Waals surface area contributed by atoms with E-state index in [0.29, 0.717) is 29.5 Å². The van der Waals surface area contributed by atoms with E-state index in [4.69, 9.17) is 15.2 Å². The van der Waals surface area contributed by atoms with Gasteiger partial charge in [0.05, 0.1) is 12.7 Å². The van der Waals surface area contributed by atoms with Crippen molar-refractivity contribution in [2.45, 2.75) is 13.5 Å². The van der Waals surface area contributed by atoms with E-state index in [1.807, 2.05) is 25.1 Å². The highest BCUT2D eigenvalue weighted by atomic mass is 16.5. The maximum atomic E-state index is 11.0. The van der Waals surface area contributed by atoms with Crippen LogP contribution in [0.25, 0.3) is 0 Å². The Morgan fingerprint density at radius 1 is 1.29 bits per heavy atom. The predicted molar refractivity (Wildman–Crippen MR) is 92.3 cm³/mol. The number of aromatic nitrogens is 1. The molecular formula is C18H21N3O3. The fourth-order valence-electron chi connectivity index (χ4n) is 2.03. The van der Waals surface area contributed by atoms with E-state index in [2.05, 4.69) is 16.9 Å². The Hall–Kier alpha value is -2.86. The number of rotatable bonds is 8. The van der Waals surface area contributed by atoms with Gasteiger partial charge in [0.2, 0.25) is 11.8 Å². The number of primary amides is 1. The van der Waals surface area contributed by atoms with Gasteiger partial charge in [-0.15, -0.1) is 0 Å². The van der Waals surface area contributed by atoms with Gasteiger partial charge in [-0.1, -0.05) is 18.2 Å². The van der Waals surface area contributed by atoms with Crippen molar-refractivity contribution in [1.82, 2.24) is 10.3 Å². The van der Waals surface area contributed by atoms with Crippen LogP contribution >= 0.6 is 0 Å². The third-order valence-electron chi connectivity index (χ3n) is 3.22. The summed E-state index contributed by atoms with van der Waals surface area (Å²) in [5.74, 6) is 0.968. The van der Waals surface area contributed by atoms with Crippen molar-refractivity contribution in [1.29, 1.82) is 0 Å². The summed E-state index contributed by atoms with van der Waals surface area (Å²) < 4.78 is 11.1. The number of hydrogen-bond donors (Lipinski definition) is 2. The number of carbonyl (C=O) groups excluding carboxylic acids is 1. The molecule has 0 atom stereocenters. The number of nitrogens with one attached hydrogen (secondary N) is 1. The van der Waals surface area contributed by atoms with Crippen molar-refractivity contribution in [2.24, 2.45) is 5.73 Å². The molecule has 0 aliphatic rings. The minimum atomic E-state index is -0.529. The summed E-state index contributed by atoms with van der Waals surface area (Å²) in [6.07, 6.45) is 1.38. The Kier molecular flexibility index (Phi) is 5.92. The molecule has 2 rings (SSSR count). The van der Waals surface area contributed by atoms with Crippen molar-refractivity contribution in [3.63, 3.8) is 0 Å². The van der Waals surface area contributed by atoms with Crippen LogP contribution in [0, 0.1) is 0 Å². The summed E-state index contributed by atoms with van der Waals surface area (Å²) in [7, 11) is 1.58. The number of ether oxygens (including phenoxy) is 2. The smallest absolute Gasteiger partial charge is 0.250 e. The van der Waals surface area contributed by atoms with Crippen LogP contribution < -0.4 is 20.5 Å². The van der Waals surface area contributed by atoms with Crippen LogP contribution in [0.4, 0.5) is 0 Å².